The van der Waals surface area contributed by atoms with Crippen molar-refractivity contribution in [2.75, 3.05) is 12.3 Å². The van der Waals surface area contributed by atoms with Crippen molar-refractivity contribution in [2.24, 2.45) is 0 Å². The number of halogens is 1. The number of hydrogen-bond acceptors (Lipinski definition) is 5. The molecule has 0 fully saturated rings. The zero-order valence-electron chi connectivity index (χ0n) is 17.1. The number of aromatic nitrogens is 3. The molecule has 0 atom stereocenters. The van der Waals surface area contributed by atoms with E-state index in [9.17, 15) is 9.59 Å². The first kappa shape index (κ1) is 22.5. The number of Topliss-reactive ketones (excluding diaryl/α,β-unsaturated/α-hetero) is 1. The number of amides is 1. The van der Waals surface area contributed by atoms with Crippen LogP contribution >= 0.6 is 34.4 Å². The topological polar surface area (TPSA) is 76.9 Å². The molecule has 0 bridgehead atoms. The van der Waals surface area contributed by atoms with Crippen LogP contribution in [-0.4, -0.2) is 38.8 Å². The van der Waals surface area contributed by atoms with Crippen LogP contribution in [-0.2, 0) is 11.2 Å². The maximum Gasteiger partial charge on any atom is 0.216 e. The lowest BCUT2D eigenvalue weighted by molar-refractivity contribution is -0.118. The van der Waals surface area contributed by atoms with E-state index in [0.29, 0.717) is 23.7 Å². The molecule has 0 spiro atoms. The predicted molar refractivity (Wildman–Crippen MR) is 127 cm³/mol. The first-order valence-corrected chi connectivity index (χ1v) is 11.6. The molecule has 0 radical (unpaired) electrons. The molecule has 0 saturated heterocycles. The fourth-order valence-corrected chi connectivity index (χ4v) is 4.10. The molecular weight excluding hydrogens is 511 g/mol. The summed E-state index contributed by atoms with van der Waals surface area (Å²) in [5.41, 5.74) is 4.01. The van der Waals surface area contributed by atoms with Crippen molar-refractivity contribution in [3.8, 4) is 5.69 Å². The number of ketones is 1. The summed E-state index contributed by atoms with van der Waals surface area (Å²) in [6.45, 7) is 6.10. The molecule has 2 aromatic carbocycles. The molecule has 0 aliphatic heterocycles. The Balaban J connectivity index is 1.84. The largest absolute Gasteiger partial charge is 0.356 e. The Bertz CT molecular complexity index is 1060. The van der Waals surface area contributed by atoms with Gasteiger partial charge in [0, 0.05) is 34.7 Å². The van der Waals surface area contributed by atoms with E-state index in [1.54, 1.807) is 0 Å². The fraction of sp³-hybridized carbons (Fsp3) is 0.273. The summed E-state index contributed by atoms with van der Waals surface area (Å²) in [6, 6.07) is 13.7. The van der Waals surface area contributed by atoms with Crippen LogP contribution in [0.2, 0.25) is 0 Å². The van der Waals surface area contributed by atoms with Crippen LogP contribution in [0.4, 0.5) is 0 Å². The maximum absolute atomic E-state index is 12.6. The summed E-state index contributed by atoms with van der Waals surface area (Å²) < 4.78 is 3.07. The number of nitrogens with one attached hydrogen (secondary N) is 1. The van der Waals surface area contributed by atoms with E-state index < -0.39 is 0 Å². The van der Waals surface area contributed by atoms with Gasteiger partial charge in [-0.05, 0) is 71.8 Å². The van der Waals surface area contributed by atoms with Crippen molar-refractivity contribution in [3.63, 3.8) is 0 Å². The molecule has 3 rings (SSSR count). The Morgan fingerprint density at radius 1 is 1.07 bits per heavy atom. The molecule has 1 aromatic heterocycles. The summed E-state index contributed by atoms with van der Waals surface area (Å²) in [4.78, 5) is 23.8. The summed E-state index contributed by atoms with van der Waals surface area (Å²) in [5, 5.41) is 12.1. The Morgan fingerprint density at radius 3 is 2.47 bits per heavy atom. The fourth-order valence-electron chi connectivity index (χ4n) is 2.88. The Morgan fingerprint density at radius 2 is 1.80 bits per heavy atom. The summed E-state index contributed by atoms with van der Waals surface area (Å²) in [6.07, 6.45) is 0.547. The summed E-state index contributed by atoms with van der Waals surface area (Å²) in [7, 11) is 0. The zero-order valence-corrected chi connectivity index (χ0v) is 20.1. The van der Waals surface area contributed by atoms with Gasteiger partial charge in [0.2, 0.25) is 5.91 Å². The van der Waals surface area contributed by atoms with Crippen LogP contribution in [0.1, 0.15) is 34.2 Å². The lowest BCUT2D eigenvalue weighted by Crippen LogP contribution is -2.23. The van der Waals surface area contributed by atoms with Crippen LogP contribution < -0.4 is 5.32 Å². The van der Waals surface area contributed by atoms with E-state index >= 15 is 0 Å². The van der Waals surface area contributed by atoms with Crippen LogP contribution in [0, 0.1) is 17.4 Å². The number of carbonyl (C=O) groups is 2. The Kier molecular flexibility index (Phi) is 7.65. The molecule has 8 heteroatoms. The molecule has 1 amide bonds. The van der Waals surface area contributed by atoms with Gasteiger partial charge < -0.3 is 5.32 Å². The van der Waals surface area contributed by atoms with E-state index in [2.05, 4.69) is 64.1 Å². The van der Waals surface area contributed by atoms with Gasteiger partial charge in [-0.15, -0.1) is 10.2 Å². The van der Waals surface area contributed by atoms with Crippen molar-refractivity contribution in [2.45, 2.75) is 32.3 Å². The molecule has 6 nitrogen and oxygen atoms in total. The van der Waals surface area contributed by atoms with Gasteiger partial charge in [-0.2, -0.15) is 0 Å². The quantitative estimate of drug-likeness (QED) is 0.267. The minimum absolute atomic E-state index is 0.0471. The van der Waals surface area contributed by atoms with Crippen LogP contribution in [0.15, 0.2) is 47.6 Å². The normalized spacial score (nSPS) is 10.8. The molecule has 1 heterocycles. The number of rotatable bonds is 8. The molecule has 0 aliphatic rings. The number of thioether (sulfide) groups is 1. The van der Waals surface area contributed by atoms with E-state index in [1.165, 1.54) is 29.8 Å². The monoisotopic (exact) mass is 534 g/mol. The number of nitrogens with zero attached hydrogens (tertiary/aromatic N) is 3. The molecule has 0 aliphatic carbocycles. The molecular formula is C22H23IN4O2S. The highest BCUT2D eigenvalue weighted by Gasteiger charge is 2.17. The lowest BCUT2D eigenvalue weighted by atomic mass is 10.1. The third-order valence-corrected chi connectivity index (χ3v) is 6.32. The molecule has 156 valence electrons. The smallest absolute Gasteiger partial charge is 0.216 e. The standard InChI is InChI=1S/C22H23IN4O2S/c1-14-4-9-19(12-15(14)2)27-21(10-11-24-16(3)28)25-26-22(27)30-13-20(29)17-5-7-18(23)8-6-17/h4-9,12H,10-11,13H2,1-3H3,(H,24,28). The highest BCUT2D eigenvalue weighted by Crippen LogP contribution is 2.25. The first-order valence-electron chi connectivity index (χ1n) is 9.53. The summed E-state index contributed by atoms with van der Waals surface area (Å²) >= 11 is 3.59. The summed E-state index contributed by atoms with van der Waals surface area (Å²) in [5.74, 6) is 0.988. The van der Waals surface area contributed by atoms with E-state index in [-0.39, 0.29) is 17.4 Å². The van der Waals surface area contributed by atoms with Gasteiger partial charge in [0.05, 0.1) is 5.75 Å². The molecule has 3 aromatic rings. The van der Waals surface area contributed by atoms with Crippen LogP contribution in [0.25, 0.3) is 5.69 Å². The zero-order chi connectivity index (χ0) is 21.7. The highest BCUT2D eigenvalue weighted by atomic mass is 127. The van der Waals surface area contributed by atoms with Gasteiger partial charge >= 0.3 is 0 Å². The highest BCUT2D eigenvalue weighted by molar-refractivity contribution is 14.1. The van der Waals surface area contributed by atoms with Crippen LogP contribution in [0.5, 0.6) is 0 Å². The third kappa shape index (κ3) is 5.69. The van der Waals surface area contributed by atoms with Crippen molar-refractivity contribution in [1.29, 1.82) is 0 Å². The Hall–Kier alpha value is -2.20. The van der Waals surface area contributed by atoms with Gasteiger partial charge in [0.25, 0.3) is 0 Å². The average Bonchev–Trinajstić information content (AvgIpc) is 3.11. The lowest BCUT2D eigenvalue weighted by Gasteiger charge is -2.12. The van der Waals surface area contributed by atoms with Gasteiger partial charge in [0.15, 0.2) is 10.9 Å². The SMILES string of the molecule is CC(=O)NCCc1nnc(SCC(=O)c2ccc(I)cc2)n1-c1ccc(C)c(C)c1. The average molecular weight is 534 g/mol. The van der Waals surface area contributed by atoms with E-state index in [1.807, 2.05) is 34.9 Å². The molecule has 0 saturated carbocycles. The van der Waals surface area contributed by atoms with Crippen molar-refractivity contribution < 1.29 is 9.59 Å². The van der Waals surface area contributed by atoms with Gasteiger partial charge in [-0.3, -0.25) is 14.2 Å². The van der Waals surface area contributed by atoms with Crippen molar-refractivity contribution >= 4 is 46.0 Å². The number of aryl methyl sites for hydroxylation is 2. The minimum Gasteiger partial charge on any atom is -0.356 e. The van der Waals surface area contributed by atoms with Crippen molar-refractivity contribution in [1.82, 2.24) is 20.1 Å². The second-order valence-corrected chi connectivity index (χ2v) is 9.14. The second-order valence-electron chi connectivity index (χ2n) is 6.95. The second kappa shape index (κ2) is 10.2. The van der Waals surface area contributed by atoms with Gasteiger partial charge in [-0.1, -0.05) is 30.0 Å². The van der Waals surface area contributed by atoms with E-state index in [0.717, 1.165) is 15.1 Å². The molecule has 0 unspecified atom stereocenters. The predicted octanol–water partition coefficient (Wildman–Crippen LogP) is 4.14. The number of carbonyl (C=O) groups excluding carboxylic acids is 2. The van der Waals surface area contributed by atoms with Gasteiger partial charge in [-0.25, -0.2) is 0 Å². The van der Waals surface area contributed by atoms with Gasteiger partial charge in [0.1, 0.15) is 5.82 Å². The molecule has 1 N–H and O–H groups in total. The number of benzene rings is 2. The van der Waals surface area contributed by atoms with E-state index in [4.69, 9.17) is 0 Å². The Labute approximate surface area is 194 Å². The first-order chi connectivity index (χ1) is 14.3. The minimum atomic E-state index is -0.0787. The van der Waals surface area contributed by atoms with Crippen LogP contribution in [0.3, 0.4) is 0 Å². The molecule has 30 heavy (non-hydrogen) atoms. The third-order valence-electron chi connectivity index (χ3n) is 4.67. The number of hydrogen-bond donors (Lipinski definition) is 1. The van der Waals surface area contributed by atoms with Crippen molar-refractivity contribution in [3.05, 3.63) is 68.5 Å². The maximum atomic E-state index is 12.6.